The van der Waals surface area contributed by atoms with E-state index in [1.165, 1.54) is 18.7 Å². The SMILES string of the molecule is CCCNC(Cn1ccnc1CCC)C(C)CC. The van der Waals surface area contributed by atoms with Crippen molar-refractivity contribution in [3.05, 3.63) is 18.2 Å². The van der Waals surface area contributed by atoms with Crippen LogP contribution in [0.2, 0.25) is 0 Å². The summed E-state index contributed by atoms with van der Waals surface area (Å²) < 4.78 is 2.32. The molecule has 0 spiro atoms. The van der Waals surface area contributed by atoms with E-state index in [0.29, 0.717) is 12.0 Å². The molecule has 1 rings (SSSR count). The molecule has 2 unspecified atom stereocenters. The Hall–Kier alpha value is -0.830. The second-order valence-corrected chi connectivity index (χ2v) is 5.19. The fourth-order valence-electron chi connectivity index (χ4n) is 2.23. The van der Waals surface area contributed by atoms with E-state index in [9.17, 15) is 0 Å². The molecule has 0 amide bonds. The molecular weight excluding hydrogens is 222 g/mol. The maximum Gasteiger partial charge on any atom is 0.108 e. The van der Waals surface area contributed by atoms with Crippen molar-refractivity contribution < 1.29 is 0 Å². The van der Waals surface area contributed by atoms with Crippen LogP contribution in [0.5, 0.6) is 0 Å². The van der Waals surface area contributed by atoms with Gasteiger partial charge in [-0.2, -0.15) is 0 Å². The van der Waals surface area contributed by atoms with Crippen LogP contribution in [-0.4, -0.2) is 22.1 Å². The molecule has 2 atom stereocenters. The highest BCUT2D eigenvalue weighted by atomic mass is 15.1. The van der Waals surface area contributed by atoms with Crippen LogP contribution in [0.25, 0.3) is 0 Å². The van der Waals surface area contributed by atoms with Crippen molar-refractivity contribution >= 4 is 0 Å². The molecule has 3 nitrogen and oxygen atoms in total. The smallest absolute Gasteiger partial charge is 0.108 e. The van der Waals surface area contributed by atoms with Crippen LogP contribution in [0, 0.1) is 5.92 Å². The van der Waals surface area contributed by atoms with E-state index >= 15 is 0 Å². The first-order valence-corrected chi connectivity index (χ1v) is 7.46. The lowest BCUT2D eigenvalue weighted by Gasteiger charge is -2.25. The van der Waals surface area contributed by atoms with Gasteiger partial charge >= 0.3 is 0 Å². The summed E-state index contributed by atoms with van der Waals surface area (Å²) in [6.45, 7) is 11.2. The van der Waals surface area contributed by atoms with Crippen molar-refractivity contribution in [1.29, 1.82) is 0 Å². The van der Waals surface area contributed by atoms with E-state index in [1.54, 1.807) is 0 Å². The van der Waals surface area contributed by atoms with Crippen molar-refractivity contribution in [2.75, 3.05) is 6.54 Å². The molecule has 1 N–H and O–H groups in total. The molecule has 1 aromatic heterocycles. The minimum absolute atomic E-state index is 0.555. The Balaban J connectivity index is 2.65. The van der Waals surface area contributed by atoms with Gasteiger partial charge in [0.25, 0.3) is 0 Å². The fourth-order valence-corrected chi connectivity index (χ4v) is 2.23. The summed E-state index contributed by atoms with van der Waals surface area (Å²) in [5.74, 6) is 1.93. The topological polar surface area (TPSA) is 29.9 Å². The van der Waals surface area contributed by atoms with Gasteiger partial charge in [-0.1, -0.05) is 34.1 Å². The summed E-state index contributed by atoms with van der Waals surface area (Å²) in [4.78, 5) is 4.46. The highest BCUT2D eigenvalue weighted by molar-refractivity contribution is 4.94. The Morgan fingerprint density at radius 1 is 1.28 bits per heavy atom. The molecule has 0 aliphatic rings. The van der Waals surface area contributed by atoms with E-state index in [0.717, 1.165) is 25.9 Å². The van der Waals surface area contributed by atoms with E-state index < -0.39 is 0 Å². The van der Waals surface area contributed by atoms with Gasteiger partial charge in [-0.05, 0) is 25.3 Å². The molecule has 0 aromatic carbocycles. The lowest BCUT2D eigenvalue weighted by molar-refractivity contribution is 0.326. The largest absolute Gasteiger partial charge is 0.333 e. The third kappa shape index (κ3) is 4.45. The lowest BCUT2D eigenvalue weighted by atomic mass is 9.99. The average Bonchev–Trinajstić information content (AvgIpc) is 2.81. The van der Waals surface area contributed by atoms with Crippen molar-refractivity contribution in [3.63, 3.8) is 0 Å². The zero-order chi connectivity index (χ0) is 13.4. The van der Waals surface area contributed by atoms with Gasteiger partial charge in [0.15, 0.2) is 0 Å². The van der Waals surface area contributed by atoms with Crippen LogP contribution in [0.3, 0.4) is 0 Å². The Labute approximate surface area is 112 Å². The van der Waals surface area contributed by atoms with Gasteiger partial charge in [0.1, 0.15) is 5.82 Å². The summed E-state index contributed by atoms with van der Waals surface area (Å²) in [7, 11) is 0. The van der Waals surface area contributed by atoms with Crippen LogP contribution in [0.1, 0.15) is 52.8 Å². The Morgan fingerprint density at radius 2 is 2.06 bits per heavy atom. The number of hydrogen-bond acceptors (Lipinski definition) is 2. The van der Waals surface area contributed by atoms with E-state index in [-0.39, 0.29) is 0 Å². The third-order valence-electron chi connectivity index (χ3n) is 3.66. The molecular formula is C15H29N3. The second kappa shape index (κ2) is 8.30. The molecule has 3 heteroatoms. The first kappa shape index (κ1) is 15.2. The minimum Gasteiger partial charge on any atom is -0.333 e. The molecule has 0 saturated carbocycles. The highest BCUT2D eigenvalue weighted by Crippen LogP contribution is 2.12. The Kier molecular flexibility index (Phi) is 7.02. The van der Waals surface area contributed by atoms with Gasteiger partial charge in [-0.25, -0.2) is 4.98 Å². The maximum absolute atomic E-state index is 4.46. The molecule has 0 fully saturated rings. The van der Waals surface area contributed by atoms with Crippen LogP contribution in [0.4, 0.5) is 0 Å². The first-order chi connectivity index (χ1) is 8.72. The number of rotatable bonds is 9. The number of aryl methyl sites for hydroxylation is 1. The minimum atomic E-state index is 0.555. The van der Waals surface area contributed by atoms with E-state index in [4.69, 9.17) is 0 Å². The molecule has 18 heavy (non-hydrogen) atoms. The molecule has 0 radical (unpaired) electrons. The van der Waals surface area contributed by atoms with Gasteiger partial charge in [-0.3, -0.25) is 0 Å². The highest BCUT2D eigenvalue weighted by Gasteiger charge is 2.16. The molecule has 0 bridgehead atoms. The molecule has 0 aliphatic heterocycles. The van der Waals surface area contributed by atoms with E-state index in [1.807, 2.05) is 6.20 Å². The van der Waals surface area contributed by atoms with Crippen molar-refractivity contribution in [3.8, 4) is 0 Å². The van der Waals surface area contributed by atoms with E-state index in [2.05, 4.69) is 48.8 Å². The monoisotopic (exact) mass is 251 g/mol. The predicted molar refractivity (Wildman–Crippen MR) is 77.8 cm³/mol. The van der Waals surface area contributed by atoms with Crippen molar-refractivity contribution in [2.24, 2.45) is 5.92 Å². The molecule has 104 valence electrons. The normalized spacial score (nSPS) is 14.7. The number of nitrogens with one attached hydrogen (secondary N) is 1. The van der Waals surface area contributed by atoms with Gasteiger partial charge in [0.2, 0.25) is 0 Å². The second-order valence-electron chi connectivity index (χ2n) is 5.19. The quantitative estimate of drug-likeness (QED) is 0.730. The average molecular weight is 251 g/mol. The first-order valence-electron chi connectivity index (χ1n) is 7.46. The molecule has 1 aromatic rings. The zero-order valence-corrected chi connectivity index (χ0v) is 12.4. The lowest BCUT2D eigenvalue weighted by Crippen LogP contribution is -2.39. The maximum atomic E-state index is 4.46. The summed E-state index contributed by atoms with van der Waals surface area (Å²) in [6, 6.07) is 0.555. The number of aromatic nitrogens is 2. The van der Waals surface area contributed by atoms with Crippen LogP contribution < -0.4 is 5.32 Å². The number of hydrogen-bond donors (Lipinski definition) is 1. The van der Waals surface area contributed by atoms with Crippen molar-refractivity contribution in [1.82, 2.24) is 14.9 Å². The van der Waals surface area contributed by atoms with Gasteiger partial charge in [-0.15, -0.1) is 0 Å². The van der Waals surface area contributed by atoms with Gasteiger partial charge in [0.05, 0.1) is 0 Å². The van der Waals surface area contributed by atoms with Crippen LogP contribution in [-0.2, 0) is 13.0 Å². The van der Waals surface area contributed by atoms with Gasteiger partial charge < -0.3 is 9.88 Å². The summed E-state index contributed by atoms with van der Waals surface area (Å²) in [5, 5.41) is 3.68. The summed E-state index contributed by atoms with van der Waals surface area (Å²) in [6.07, 6.45) is 8.70. The fraction of sp³-hybridized carbons (Fsp3) is 0.800. The predicted octanol–water partition coefficient (Wildman–Crippen LogP) is 3.25. The van der Waals surface area contributed by atoms with Crippen molar-refractivity contribution in [2.45, 2.75) is 66.0 Å². The molecule has 0 aliphatic carbocycles. The Morgan fingerprint density at radius 3 is 2.67 bits per heavy atom. The number of nitrogens with zero attached hydrogens (tertiary/aromatic N) is 2. The standard InChI is InChI=1S/C15H29N3/c1-5-8-15-17-10-11-18(15)12-14(13(4)7-3)16-9-6-2/h10-11,13-14,16H,5-9,12H2,1-4H3. The summed E-state index contributed by atoms with van der Waals surface area (Å²) >= 11 is 0. The van der Waals surface area contributed by atoms with Gasteiger partial charge in [0, 0.05) is 31.4 Å². The third-order valence-corrected chi connectivity index (χ3v) is 3.66. The summed E-state index contributed by atoms with van der Waals surface area (Å²) in [5.41, 5.74) is 0. The Bertz CT molecular complexity index is 319. The molecule has 0 saturated heterocycles. The zero-order valence-electron chi connectivity index (χ0n) is 12.4. The number of imidazole rings is 1. The van der Waals surface area contributed by atoms with Crippen LogP contribution >= 0.6 is 0 Å². The van der Waals surface area contributed by atoms with Crippen LogP contribution in [0.15, 0.2) is 12.4 Å². The molecule has 1 heterocycles.